The predicted molar refractivity (Wildman–Crippen MR) is 60.5 cm³/mol. The smallest absolute Gasteiger partial charge is 0.181 e. The molecule has 0 radical (unpaired) electrons. The van der Waals surface area contributed by atoms with Crippen molar-refractivity contribution < 1.29 is 0 Å². The van der Waals surface area contributed by atoms with Crippen molar-refractivity contribution in [2.75, 3.05) is 0 Å². The number of aromatic nitrogens is 6. The monoisotopic (exact) mass is 229 g/mol. The summed E-state index contributed by atoms with van der Waals surface area (Å²) in [4.78, 5) is 8.38. The van der Waals surface area contributed by atoms with E-state index in [1.165, 1.54) is 0 Å². The van der Waals surface area contributed by atoms with Gasteiger partial charge in [-0.15, -0.1) is 5.10 Å². The van der Waals surface area contributed by atoms with E-state index < -0.39 is 0 Å². The maximum atomic E-state index is 5.48. The van der Waals surface area contributed by atoms with Gasteiger partial charge < -0.3 is 5.73 Å². The Morgan fingerprint density at radius 2 is 2.18 bits per heavy atom. The van der Waals surface area contributed by atoms with Gasteiger partial charge in [0.25, 0.3) is 0 Å². The molecule has 0 spiro atoms. The first-order chi connectivity index (χ1) is 8.28. The van der Waals surface area contributed by atoms with Gasteiger partial charge in [0.2, 0.25) is 0 Å². The van der Waals surface area contributed by atoms with Crippen LogP contribution in [0.4, 0.5) is 0 Å². The predicted octanol–water partition coefficient (Wildman–Crippen LogP) is 0.0771. The van der Waals surface area contributed by atoms with Crippen LogP contribution >= 0.6 is 0 Å². The first-order valence-corrected chi connectivity index (χ1v) is 5.20. The van der Waals surface area contributed by atoms with Crippen molar-refractivity contribution >= 4 is 5.52 Å². The summed E-state index contributed by atoms with van der Waals surface area (Å²) in [5, 5.41) is 8.55. The van der Waals surface area contributed by atoms with Gasteiger partial charge in [0.15, 0.2) is 11.6 Å². The number of fused-ring (bicyclic) bond motifs is 1. The van der Waals surface area contributed by atoms with Crippen LogP contribution < -0.4 is 5.73 Å². The van der Waals surface area contributed by atoms with Gasteiger partial charge in [-0.05, 0) is 13.0 Å². The molecule has 3 rings (SSSR count). The van der Waals surface area contributed by atoms with Crippen LogP contribution in [-0.2, 0) is 6.54 Å². The maximum absolute atomic E-state index is 5.48. The lowest BCUT2D eigenvalue weighted by Crippen LogP contribution is -2.04. The molecule has 7 nitrogen and oxygen atoms in total. The Balaban J connectivity index is 2.22. The Morgan fingerprint density at radius 3 is 2.94 bits per heavy atom. The fourth-order valence-electron chi connectivity index (χ4n) is 1.70. The van der Waals surface area contributed by atoms with Gasteiger partial charge in [-0.3, -0.25) is 0 Å². The second-order valence-electron chi connectivity index (χ2n) is 3.68. The zero-order valence-corrected chi connectivity index (χ0v) is 9.28. The second kappa shape index (κ2) is 3.63. The van der Waals surface area contributed by atoms with Gasteiger partial charge in [-0.1, -0.05) is 0 Å². The lowest BCUT2D eigenvalue weighted by Gasteiger charge is -2.00. The molecule has 0 saturated carbocycles. The van der Waals surface area contributed by atoms with Gasteiger partial charge >= 0.3 is 0 Å². The van der Waals surface area contributed by atoms with Gasteiger partial charge in [-0.25, -0.2) is 19.2 Å². The highest BCUT2D eigenvalue weighted by molar-refractivity contribution is 5.60. The molecule has 0 unspecified atom stereocenters. The highest BCUT2D eigenvalue weighted by atomic mass is 15.4. The molecule has 0 amide bonds. The van der Waals surface area contributed by atoms with Crippen molar-refractivity contribution in [3.63, 3.8) is 0 Å². The topological polar surface area (TPSA) is 86.9 Å². The molecule has 0 atom stereocenters. The van der Waals surface area contributed by atoms with E-state index in [1.54, 1.807) is 27.9 Å². The van der Waals surface area contributed by atoms with Crippen LogP contribution in [0.15, 0.2) is 24.8 Å². The normalized spacial score (nSPS) is 11.2. The highest BCUT2D eigenvalue weighted by Crippen LogP contribution is 2.13. The molecule has 2 N–H and O–H groups in total. The summed E-state index contributed by atoms with van der Waals surface area (Å²) in [6.45, 7) is 2.25. The lowest BCUT2D eigenvalue weighted by atomic mass is 10.4. The Morgan fingerprint density at radius 1 is 1.29 bits per heavy atom. The highest BCUT2D eigenvalue weighted by Gasteiger charge is 2.09. The second-order valence-corrected chi connectivity index (χ2v) is 3.68. The minimum absolute atomic E-state index is 0.314. The van der Waals surface area contributed by atoms with E-state index in [-0.39, 0.29) is 0 Å². The molecule has 3 aromatic heterocycles. The average molecular weight is 229 g/mol. The third kappa shape index (κ3) is 1.56. The molecule has 7 heteroatoms. The Labute approximate surface area is 96.9 Å². The van der Waals surface area contributed by atoms with Crippen LogP contribution in [0.25, 0.3) is 11.3 Å². The van der Waals surface area contributed by atoms with Gasteiger partial charge in [0.1, 0.15) is 11.8 Å². The summed E-state index contributed by atoms with van der Waals surface area (Å²) >= 11 is 0. The first-order valence-electron chi connectivity index (χ1n) is 5.20. The SMILES string of the molecule is Cc1cc2c(-n3cnc(CN)n3)nccn2n1. The Kier molecular flexibility index (Phi) is 2.12. The van der Waals surface area contributed by atoms with E-state index in [0.29, 0.717) is 18.2 Å². The Bertz CT molecular complexity index is 666. The van der Waals surface area contributed by atoms with Crippen molar-refractivity contribution in [3.8, 4) is 5.82 Å². The van der Waals surface area contributed by atoms with E-state index in [9.17, 15) is 0 Å². The average Bonchev–Trinajstić information content (AvgIpc) is 2.92. The fraction of sp³-hybridized carbons (Fsp3) is 0.200. The van der Waals surface area contributed by atoms with Gasteiger partial charge in [0.05, 0.1) is 12.2 Å². The summed E-state index contributed by atoms with van der Waals surface area (Å²) < 4.78 is 3.38. The van der Waals surface area contributed by atoms with E-state index in [2.05, 4.69) is 20.2 Å². The summed E-state index contributed by atoms with van der Waals surface area (Å²) in [6.07, 6.45) is 5.08. The zero-order chi connectivity index (χ0) is 11.8. The molecule has 0 saturated heterocycles. The minimum Gasteiger partial charge on any atom is -0.324 e. The number of aryl methyl sites for hydroxylation is 1. The number of nitrogens with zero attached hydrogens (tertiary/aromatic N) is 6. The molecular formula is C10H11N7. The van der Waals surface area contributed by atoms with Crippen molar-refractivity contribution in [1.82, 2.24) is 29.4 Å². The van der Waals surface area contributed by atoms with E-state index in [1.807, 2.05) is 13.0 Å². The zero-order valence-electron chi connectivity index (χ0n) is 9.28. The molecule has 86 valence electrons. The van der Waals surface area contributed by atoms with Crippen LogP contribution in [0, 0.1) is 6.92 Å². The lowest BCUT2D eigenvalue weighted by molar-refractivity contribution is 0.800. The molecule has 17 heavy (non-hydrogen) atoms. The third-order valence-electron chi connectivity index (χ3n) is 2.43. The van der Waals surface area contributed by atoms with Crippen LogP contribution in [0.2, 0.25) is 0 Å². The summed E-state index contributed by atoms with van der Waals surface area (Å²) in [7, 11) is 0. The summed E-state index contributed by atoms with van der Waals surface area (Å²) in [6, 6.07) is 1.95. The molecule has 0 fully saturated rings. The van der Waals surface area contributed by atoms with Crippen molar-refractivity contribution in [2.24, 2.45) is 5.73 Å². The quantitative estimate of drug-likeness (QED) is 0.672. The summed E-state index contributed by atoms with van der Waals surface area (Å²) in [5.41, 5.74) is 7.30. The van der Waals surface area contributed by atoms with Gasteiger partial charge in [0, 0.05) is 12.4 Å². The van der Waals surface area contributed by atoms with E-state index >= 15 is 0 Å². The number of hydrogen-bond acceptors (Lipinski definition) is 5. The van der Waals surface area contributed by atoms with Crippen molar-refractivity contribution in [3.05, 3.63) is 36.3 Å². The Hall–Kier alpha value is -2.28. The maximum Gasteiger partial charge on any atom is 0.181 e. The van der Waals surface area contributed by atoms with E-state index in [4.69, 9.17) is 5.73 Å². The molecule has 0 aliphatic rings. The molecule has 0 aliphatic heterocycles. The van der Waals surface area contributed by atoms with Crippen LogP contribution in [0.1, 0.15) is 11.5 Å². The molecule has 3 heterocycles. The van der Waals surface area contributed by atoms with Crippen LogP contribution in [-0.4, -0.2) is 29.4 Å². The summed E-state index contributed by atoms with van der Waals surface area (Å²) in [5.74, 6) is 1.28. The van der Waals surface area contributed by atoms with Crippen LogP contribution in [0.5, 0.6) is 0 Å². The number of rotatable bonds is 2. The van der Waals surface area contributed by atoms with Gasteiger partial charge in [-0.2, -0.15) is 5.10 Å². The third-order valence-corrected chi connectivity index (χ3v) is 2.43. The van der Waals surface area contributed by atoms with Crippen molar-refractivity contribution in [2.45, 2.75) is 13.5 Å². The standard InChI is InChI=1S/C10H11N7/c1-7-4-8-10(12-2-3-16(8)14-7)17-6-13-9(5-11)15-17/h2-4,6H,5,11H2,1H3. The largest absolute Gasteiger partial charge is 0.324 e. The number of nitrogens with two attached hydrogens (primary N) is 1. The molecule has 0 aliphatic carbocycles. The van der Waals surface area contributed by atoms with E-state index in [0.717, 1.165) is 11.2 Å². The fourth-order valence-corrected chi connectivity index (χ4v) is 1.70. The minimum atomic E-state index is 0.314. The van der Waals surface area contributed by atoms with Crippen LogP contribution in [0.3, 0.4) is 0 Å². The van der Waals surface area contributed by atoms with Crippen molar-refractivity contribution in [1.29, 1.82) is 0 Å². The molecule has 0 bridgehead atoms. The number of hydrogen-bond donors (Lipinski definition) is 1. The first kappa shape index (κ1) is 9.91. The molecule has 0 aromatic carbocycles. The molecule has 3 aromatic rings. The molecular weight excluding hydrogens is 218 g/mol.